The topological polar surface area (TPSA) is 49.8 Å². The largest absolute Gasteiger partial charge is 0.370 e. The summed E-state index contributed by atoms with van der Waals surface area (Å²) in [6, 6.07) is 20.4. The molecule has 0 fully saturated rings. The molecule has 0 aliphatic carbocycles. The van der Waals surface area contributed by atoms with Gasteiger partial charge in [0.05, 0.1) is 0 Å². The zero-order chi connectivity index (χ0) is 18.4. The molecular weight excluding hydrogens is 344 g/mol. The molecule has 0 aliphatic heterocycles. The molecule has 5 heteroatoms. The molecule has 1 heterocycles. The van der Waals surface area contributed by atoms with Crippen LogP contribution in [0.5, 0.6) is 0 Å². The number of rotatable bonds is 7. The van der Waals surface area contributed by atoms with Crippen molar-refractivity contribution in [2.45, 2.75) is 26.3 Å². The van der Waals surface area contributed by atoms with Crippen LogP contribution in [0.15, 0.2) is 60.7 Å². The second-order valence-electron chi connectivity index (χ2n) is 6.27. The first kappa shape index (κ1) is 18.2. The van der Waals surface area contributed by atoms with Gasteiger partial charge >= 0.3 is 0 Å². The average molecular weight is 367 g/mol. The molecular formula is C21H23ClN4. The van der Waals surface area contributed by atoms with Gasteiger partial charge in [-0.05, 0) is 43.5 Å². The Labute approximate surface area is 159 Å². The van der Waals surface area contributed by atoms with Crippen LogP contribution in [-0.2, 0) is 6.42 Å². The van der Waals surface area contributed by atoms with Crippen molar-refractivity contribution in [1.82, 2.24) is 9.97 Å². The molecule has 4 nitrogen and oxygen atoms in total. The van der Waals surface area contributed by atoms with E-state index in [1.165, 1.54) is 11.1 Å². The molecule has 0 spiro atoms. The summed E-state index contributed by atoms with van der Waals surface area (Å²) in [4.78, 5) is 8.97. The average Bonchev–Trinajstić information content (AvgIpc) is 2.62. The van der Waals surface area contributed by atoms with Gasteiger partial charge in [-0.25, -0.2) is 9.97 Å². The maximum atomic E-state index is 6.03. The summed E-state index contributed by atoms with van der Waals surface area (Å²) in [5.74, 6) is 2.38. The smallest absolute Gasteiger partial charge is 0.132 e. The second-order valence-corrected chi connectivity index (χ2v) is 6.71. The highest BCUT2D eigenvalue weighted by molar-refractivity contribution is 6.30. The van der Waals surface area contributed by atoms with Gasteiger partial charge in [0, 0.05) is 23.7 Å². The van der Waals surface area contributed by atoms with Crippen LogP contribution in [0.3, 0.4) is 0 Å². The first-order valence-electron chi connectivity index (χ1n) is 8.75. The zero-order valence-corrected chi connectivity index (χ0v) is 15.8. The first-order valence-corrected chi connectivity index (χ1v) is 9.13. The zero-order valence-electron chi connectivity index (χ0n) is 15.0. The van der Waals surface area contributed by atoms with E-state index in [0.717, 1.165) is 35.4 Å². The van der Waals surface area contributed by atoms with Crippen molar-refractivity contribution in [3.8, 4) is 0 Å². The predicted molar refractivity (Wildman–Crippen MR) is 109 cm³/mol. The van der Waals surface area contributed by atoms with Crippen molar-refractivity contribution >= 4 is 23.2 Å². The summed E-state index contributed by atoms with van der Waals surface area (Å²) in [7, 11) is 0. The Kier molecular flexibility index (Phi) is 6.08. The minimum absolute atomic E-state index is 0.171. The van der Waals surface area contributed by atoms with Crippen LogP contribution in [0.2, 0.25) is 5.02 Å². The van der Waals surface area contributed by atoms with E-state index in [1.807, 2.05) is 49.4 Å². The highest BCUT2D eigenvalue weighted by Gasteiger charge is 2.08. The van der Waals surface area contributed by atoms with E-state index in [2.05, 4.69) is 45.7 Å². The molecule has 0 radical (unpaired) electrons. The lowest BCUT2D eigenvalue weighted by Crippen LogP contribution is -2.11. The standard InChI is InChI=1S/C21H23ClN4/c1-15(18-8-4-3-5-9-18)24-21-14-20(25-16(2)26-21)23-12-11-17-7-6-10-19(22)13-17/h3-10,13-15H,11-12H2,1-2H3,(H2,23,24,25,26). The number of anilines is 2. The fourth-order valence-electron chi connectivity index (χ4n) is 2.81. The van der Waals surface area contributed by atoms with Crippen molar-refractivity contribution in [2.24, 2.45) is 0 Å². The second kappa shape index (κ2) is 8.68. The number of nitrogens with zero attached hydrogens (tertiary/aromatic N) is 2. The van der Waals surface area contributed by atoms with E-state index in [9.17, 15) is 0 Å². The van der Waals surface area contributed by atoms with E-state index in [1.54, 1.807) is 0 Å². The summed E-state index contributed by atoms with van der Waals surface area (Å²) in [5, 5.41) is 7.58. The van der Waals surface area contributed by atoms with Gasteiger partial charge in [0.1, 0.15) is 17.5 Å². The highest BCUT2D eigenvalue weighted by Crippen LogP contribution is 2.19. The number of halogens is 1. The fourth-order valence-corrected chi connectivity index (χ4v) is 3.02. The number of nitrogens with one attached hydrogen (secondary N) is 2. The van der Waals surface area contributed by atoms with E-state index < -0.39 is 0 Å². The molecule has 0 saturated heterocycles. The minimum atomic E-state index is 0.171. The van der Waals surface area contributed by atoms with Crippen LogP contribution in [0, 0.1) is 6.92 Å². The summed E-state index contributed by atoms with van der Waals surface area (Å²) in [6.45, 7) is 4.81. The Hall–Kier alpha value is -2.59. The lowest BCUT2D eigenvalue weighted by atomic mass is 10.1. The van der Waals surface area contributed by atoms with Crippen molar-refractivity contribution in [2.75, 3.05) is 17.2 Å². The molecule has 1 aromatic heterocycles. The monoisotopic (exact) mass is 366 g/mol. The maximum Gasteiger partial charge on any atom is 0.132 e. The van der Waals surface area contributed by atoms with Crippen LogP contribution in [0.4, 0.5) is 11.6 Å². The highest BCUT2D eigenvalue weighted by atomic mass is 35.5. The van der Waals surface area contributed by atoms with E-state index in [-0.39, 0.29) is 6.04 Å². The molecule has 2 N–H and O–H groups in total. The van der Waals surface area contributed by atoms with Crippen LogP contribution < -0.4 is 10.6 Å². The van der Waals surface area contributed by atoms with Crippen molar-refractivity contribution in [3.05, 3.63) is 82.6 Å². The third kappa shape index (κ3) is 5.20. The van der Waals surface area contributed by atoms with Crippen molar-refractivity contribution in [3.63, 3.8) is 0 Å². The van der Waals surface area contributed by atoms with Gasteiger partial charge < -0.3 is 10.6 Å². The predicted octanol–water partition coefficient (Wildman–Crippen LogP) is 5.27. The number of aryl methyl sites for hydroxylation is 1. The summed E-state index contributed by atoms with van der Waals surface area (Å²) < 4.78 is 0. The molecule has 134 valence electrons. The van der Waals surface area contributed by atoms with E-state index in [0.29, 0.717) is 0 Å². The Morgan fingerprint density at radius 2 is 1.73 bits per heavy atom. The number of benzene rings is 2. The first-order chi connectivity index (χ1) is 12.6. The van der Waals surface area contributed by atoms with E-state index >= 15 is 0 Å². The van der Waals surface area contributed by atoms with Crippen LogP contribution >= 0.6 is 11.6 Å². The summed E-state index contributed by atoms with van der Waals surface area (Å²) in [5.41, 5.74) is 2.42. The Balaban J connectivity index is 1.62. The van der Waals surface area contributed by atoms with Crippen molar-refractivity contribution < 1.29 is 0 Å². The van der Waals surface area contributed by atoms with Gasteiger partial charge in [0.15, 0.2) is 0 Å². The van der Waals surface area contributed by atoms with Gasteiger partial charge in [0.2, 0.25) is 0 Å². The number of aromatic nitrogens is 2. The van der Waals surface area contributed by atoms with Crippen LogP contribution in [0.25, 0.3) is 0 Å². The van der Waals surface area contributed by atoms with Gasteiger partial charge in [-0.3, -0.25) is 0 Å². The molecule has 1 unspecified atom stereocenters. The minimum Gasteiger partial charge on any atom is -0.370 e. The maximum absolute atomic E-state index is 6.03. The van der Waals surface area contributed by atoms with Gasteiger partial charge in [-0.15, -0.1) is 0 Å². The summed E-state index contributed by atoms with van der Waals surface area (Å²) >= 11 is 6.03. The normalized spacial score (nSPS) is 11.8. The van der Waals surface area contributed by atoms with Crippen molar-refractivity contribution in [1.29, 1.82) is 0 Å². The molecule has 0 bridgehead atoms. The molecule has 2 aromatic carbocycles. The lowest BCUT2D eigenvalue weighted by molar-refractivity contribution is 0.866. The van der Waals surface area contributed by atoms with E-state index in [4.69, 9.17) is 11.6 Å². The molecule has 0 saturated carbocycles. The molecule has 1 atom stereocenters. The third-order valence-electron chi connectivity index (χ3n) is 4.11. The number of hydrogen-bond donors (Lipinski definition) is 2. The van der Waals surface area contributed by atoms with Gasteiger partial charge in [-0.1, -0.05) is 54.1 Å². The number of hydrogen-bond acceptors (Lipinski definition) is 4. The van der Waals surface area contributed by atoms with Crippen LogP contribution in [0.1, 0.15) is 29.9 Å². The molecule has 3 rings (SSSR count). The quantitative estimate of drug-likeness (QED) is 0.598. The summed E-state index contributed by atoms with van der Waals surface area (Å²) in [6.07, 6.45) is 0.882. The van der Waals surface area contributed by atoms with Crippen LogP contribution in [-0.4, -0.2) is 16.5 Å². The van der Waals surface area contributed by atoms with Gasteiger partial charge in [0.25, 0.3) is 0 Å². The SMILES string of the molecule is Cc1nc(NCCc2cccc(Cl)c2)cc(NC(C)c2ccccc2)n1. The molecule has 0 amide bonds. The Bertz CT molecular complexity index is 852. The van der Waals surface area contributed by atoms with Gasteiger partial charge in [-0.2, -0.15) is 0 Å². The molecule has 3 aromatic rings. The molecule has 26 heavy (non-hydrogen) atoms. The molecule has 0 aliphatic rings. The third-order valence-corrected chi connectivity index (χ3v) is 4.35. The fraction of sp³-hybridized carbons (Fsp3) is 0.238. The lowest BCUT2D eigenvalue weighted by Gasteiger charge is -2.16. The Morgan fingerprint density at radius 1 is 0.962 bits per heavy atom. The Morgan fingerprint density at radius 3 is 2.50 bits per heavy atom.